The summed E-state index contributed by atoms with van der Waals surface area (Å²) in [7, 11) is 5.38. The molecule has 0 radical (unpaired) electrons. The zero-order valence-electron chi connectivity index (χ0n) is 20.6. The van der Waals surface area contributed by atoms with Gasteiger partial charge in [0.15, 0.2) is 0 Å². The number of unbranched alkanes of at least 4 members (excludes halogenated alkanes) is 9. The third-order valence-electron chi connectivity index (χ3n) is 6.03. The first-order chi connectivity index (χ1) is 13.7. The van der Waals surface area contributed by atoms with Crippen LogP contribution in [0.15, 0.2) is 24.3 Å². The van der Waals surface area contributed by atoms with Crippen molar-refractivity contribution in [1.82, 2.24) is 0 Å². The van der Waals surface area contributed by atoms with Crippen molar-refractivity contribution in [1.29, 1.82) is 0 Å². The van der Waals surface area contributed by atoms with Gasteiger partial charge in [0.25, 0.3) is 0 Å². The topological polar surface area (TPSA) is 9.23 Å². The Morgan fingerprint density at radius 3 is 1.76 bits per heavy atom. The first kappa shape index (κ1) is 26.2. The maximum absolute atomic E-state index is 5.94. The molecule has 1 rings (SSSR count). The summed E-state index contributed by atoms with van der Waals surface area (Å²) in [6.07, 6.45) is 15.3. The molecule has 0 atom stereocenters. The smallest absolute Gasteiger partial charge is 0.119 e. The van der Waals surface area contributed by atoms with Gasteiger partial charge in [0.05, 0.1) is 42.4 Å². The van der Waals surface area contributed by atoms with Crippen LogP contribution < -0.4 is 9.92 Å². The lowest BCUT2D eigenvalue weighted by atomic mass is 10.1. The number of nitrogens with zero attached hydrogens (tertiary/aromatic N) is 1. The molecule has 0 saturated heterocycles. The standard InChI is InChI=1S/C26H50NOSi/c1-7-8-9-10-11-12-13-14-15-16-24-29(5,6)26-20-18-25(19-21-26)28-23-17-22-27(2,3)4/h18-21H,7-17,22-24H2,1-6H3/q+1. The fourth-order valence-corrected chi connectivity index (χ4v) is 6.42. The lowest BCUT2D eigenvalue weighted by Gasteiger charge is -2.24. The summed E-state index contributed by atoms with van der Waals surface area (Å²) in [5.41, 5.74) is 0. The van der Waals surface area contributed by atoms with E-state index >= 15 is 0 Å². The van der Waals surface area contributed by atoms with Crippen molar-refractivity contribution < 1.29 is 9.22 Å². The van der Waals surface area contributed by atoms with Crippen molar-refractivity contribution >= 4 is 13.3 Å². The number of hydrogen-bond acceptors (Lipinski definition) is 1. The average Bonchev–Trinajstić information content (AvgIpc) is 2.66. The van der Waals surface area contributed by atoms with Crippen LogP contribution in [0.25, 0.3) is 0 Å². The van der Waals surface area contributed by atoms with E-state index in [0.717, 1.165) is 29.8 Å². The Balaban J connectivity index is 2.20. The second kappa shape index (κ2) is 14.2. The molecule has 0 saturated carbocycles. The van der Waals surface area contributed by atoms with Crippen molar-refractivity contribution in [2.75, 3.05) is 34.3 Å². The number of rotatable bonds is 17. The van der Waals surface area contributed by atoms with E-state index in [2.05, 4.69) is 65.4 Å². The fourth-order valence-electron chi connectivity index (χ4n) is 3.93. The van der Waals surface area contributed by atoms with Crippen LogP contribution in [0.1, 0.15) is 77.6 Å². The number of ether oxygens (including phenoxy) is 1. The molecular weight excluding hydrogens is 370 g/mol. The zero-order chi connectivity index (χ0) is 21.6. The monoisotopic (exact) mass is 420 g/mol. The van der Waals surface area contributed by atoms with Crippen LogP contribution in [-0.4, -0.2) is 46.9 Å². The molecule has 168 valence electrons. The Bertz CT molecular complexity index is 519. The van der Waals surface area contributed by atoms with Crippen LogP contribution in [0, 0.1) is 0 Å². The molecule has 2 nitrogen and oxygen atoms in total. The van der Waals surface area contributed by atoms with E-state index in [1.807, 2.05) is 0 Å². The Morgan fingerprint density at radius 2 is 1.24 bits per heavy atom. The molecular formula is C26H50NOSi+. The van der Waals surface area contributed by atoms with Crippen molar-refractivity contribution in [3.63, 3.8) is 0 Å². The summed E-state index contributed by atoms with van der Waals surface area (Å²) in [4.78, 5) is 0. The molecule has 29 heavy (non-hydrogen) atoms. The van der Waals surface area contributed by atoms with Gasteiger partial charge in [-0.3, -0.25) is 0 Å². The fraction of sp³-hybridized carbons (Fsp3) is 0.769. The molecule has 0 heterocycles. The third kappa shape index (κ3) is 13.2. The van der Waals surface area contributed by atoms with E-state index in [0.29, 0.717) is 0 Å². The predicted octanol–water partition coefficient (Wildman–Crippen LogP) is 7.00. The van der Waals surface area contributed by atoms with Crippen molar-refractivity contribution in [2.45, 2.75) is 96.7 Å². The van der Waals surface area contributed by atoms with Crippen molar-refractivity contribution in [3.8, 4) is 5.75 Å². The van der Waals surface area contributed by atoms with Gasteiger partial charge in [-0.1, -0.05) is 108 Å². The molecule has 0 aliphatic carbocycles. The first-order valence-corrected chi connectivity index (χ1v) is 15.5. The van der Waals surface area contributed by atoms with E-state index in [9.17, 15) is 0 Å². The highest BCUT2D eigenvalue weighted by Gasteiger charge is 2.22. The van der Waals surface area contributed by atoms with E-state index in [1.54, 1.807) is 5.19 Å². The summed E-state index contributed by atoms with van der Waals surface area (Å²) in [5, 5.41) is 1.58. The zero-order valence-corrected chi connectivity index (χ0v) is 21.6. The molecule has 1 aromatic carbocycles. The van der Waals surface area contributed by atoms with Crippen LogP contribution in [0.4, 0.5) is 0 Å². The average molecular weight is 421 g/mol. The van der Waals surface area contributed by atoms with E-state index in [-0.39, 0.29) is 0 Å². The highest BCUT2D eigenvalue weighted by Crippen LogP contribution is 2.19. The Morgan fingerprint density at radius 1 is 0.724 bits per heavy atom. The molecule has 3 heteroatoms. The van der Waals surface area contributed by atoms with Gasteiger partial charge >= 0.3 is 0 Å². The Labute approximate surface area is 183 Å². The quantitative estimate of drug-likeness (QED) is 0.150. The molecule has 0 aliphatic heterocycles. The highest BCUT2D eigenvalue weighted by molar-refractivity contribution is 6.89. The van der Waals surface area contributed by atoms with E-state index in [4.69, 9.17) is 4.74 Å². The lowest BCUT2D eigenvalue weighted by molar-refractivity contribution is -0.870. The summed E-state index contributed by atoms with van der Waals surface area (Å²) >= 11 is 0. The molecule has 0 aromatic heterocycles. The van der Waals surface area contributed by atoms with Gasteiger partial charge < -0.3 is 9.22 Å². The van der Waals surface area contributed by atoms with Gasteiger partial charge in [-0.2, -0.15) is 0 Å². The maximum Gasteiger partial charge on any atom is 0.119 e. The molecule has 0 N–H and O–H groups in total. The van der Waals surface area contributed by atoms with Gasteiger partial charge in [0.1, 0.15) is 5.75 Å². The highest BCUT2D eigenvalue weighted by atomic mass is 28.3. The van der Waals surface area contributed by atoms with Crippen molar-refractivity contribution in [3.05, 3.63) is 24.3 Å². The minimum atomic E-state index is -1.31. The number of quaternary nitrogens is 1. The van der Waals surface area contributed by atoms with Crippen LogP contribution in [0.3, 0.4) is 0 Å². The Kier molecular flexibility index (Phi) is 12.9. The van der Waals surface area contributed by atoms with E-state index in [1.165, 1.54) is 70.3 Å². The Hall–Kier alpha value is -0.803. The molecule has 0 aliphatic rings. The van der Waals surface area contributed by atoms with Crippen LogP contribution >= 0.6 is 0 Å². The third-order valence-corrected chi connectivity index (χ3v) is 9.53. The summed E-state index contributed by atoms with van der Waals surface area (Å²) in [6.45, 7) is 9.31. The molecule has 1 aromatic rings. The van der Waals surface area contributed by atoms with Crippen LogP contribution in [0.2, 0.25) is 19.1 Å². The SMILES string of the molecule is CCCCCCCCCCCC[Si](C)(C)c1ccc(OCCC[N+](C)(C)C)cc1. The first-order valence-electron chi connectivity index (χ1n) is 12.3. The second-order valence-corrected chi connectivity index (χ2v) is 15.4. The van der Waals surface area contributed by atoms with Gasteiger partial charge in [-0.05, 0) is 12.1 Å². The molecule has 0 bridgehead atoms. The molecule has 0 fully saturated rings. The summed E-state index contributed by atoms with van der Waals surface area (Å²) < 4.78 is 6.94. The van der Waals surface area contributed by atoms with Gasteiger partial charge in [0.2, 0.25) is 0 Å². The number of hydrogen-bond donors (Lipinski definition) is 0. The summed E-state index contributed by atoms with van der Waals surface area (Å²) in [5.74, 6) is 1.03. The second-order valence-electron chi connectivity index (χ2n) is 10.6. The van der Waals surface area contributed by atoms with Crippen LogP contribution in [-0.2, 0) is 0 Å². The van der Waals surface area contributed by atoms with Gasteiger partial charge in [0, 0.05) is 6.42 Å². The van der Waals surface area contributed by atoms with Crippen LogP contribution in [0.5, 0.6) is 5.75 Å². The van der Waals surface area contributed by atoms with E-state index < -0.39 is 8.07 Å². The van der Waals surface area contributed by atoms with Gasteiger partial charge in [-0.25, -0.2) is 0 Å². The lowest BCUT2D eigenvalue weighted by Crippen LogP contribution is -2.40. The largest absolute Gasteiger partial charge is 0.493 e. The number of benzene rings is 1. The van der Waals surface area contributed by atoms with Crippen molar-refractivity contribution in [2.24, 2.45) is 0 Å². The minimum Gasteiger partial charge on any atom is -0.493 e. The molecule has 0 amide bonds. The summed E-state index contributed by atoms with van der Waals surface area (Å²) in [6, 6.07) is 10.5. The molecule has 0 unspecified atom stereocenters. The molecule has 0 spiro atoms. The predicted molar refractivity (Wildman–Crippen MR) is 133 cm³/mol. The van der Waals surface area contributed by atoms with Gasteiger partial charge in [-0.15, -0.1) is 0 Å². The normalized spacial score (nSPS) is 12.3. The minimum absolute atomic E-state index is 0.814. The maximum atomic E-state index is 5.94.